The summed E-state index contributed by atoms with van der Waals surface area (Å²) >= 11 is 0.686. The second kappa shape index (κ2) is 5.98. The SMILES string of the molecule is N=c1sc(S(=O)(=O)c2ccccc2)nn1-c1cccc([N+](=O)[O-])c1. The third kappa shape index (κ3) is 2.84. The lowest BCUT2D eigenvalue weighted by atomic mass is 10.3. The Morgan fingerprint density at radius 2 is 1.83 bits per heavy atom. The van der Waals surface area contributed by atoms with Crippen molar-refractivity contribution < 1.29 is 13.3 Å². The van der Waals surface area contributed by atoms with Crippen LogP contribution < -0.4 is 4.80 Å². The van der Waals surface area contributed by atoms with Gasteiger partial charge in [-0.25, -0.2) is 13.1 Å². The molecule has 122 valence electrons. The van der Waals surface area contributed by atoms with E-state index in [1.165, 1.54) is 36.4 Å². The highest BCUT2D eigenvalue weighted by Gasteiger charge is 2.23. The second-order valence-corrected chi connectivity index (χ2v) is 7.78. The molecule has 0 spiro atoms. The molecule has 2 aromatic carbocycles. The number of nitro groups is 1. The van der Waals surface area contributed by atoms with Crippen LogP contribution >= 0.6 is 11.3 Å². The molecule has 0 atom stereocenters. The van der Waals surface area contributed by atoms with Crippen LogP contribution in [0.25, 0.3) is 5.69 Å². The summed E-state index contributed by atoms with van der Waals surface area (Å²) in [5, 5.41) is 22.8. The zero-order chi connectivity index (χ0) is 17.3. The lowest BCUT2D eigenvalue weighted by Gasteiger charge is -2.01. The van der Waals surface area contributed by atoms with Crippen molar-refractivity contribution in [3.63, 3.8) is 0 Å². The van der Waals surface area contributed by atoms with E-state index in [1.807, 2.05) is 0 Å². The summed E-state index contributed by atoms with van der Waals surface area (Å²) in [4.78, 5) is 10.2. The van der Waals surface area contributed by atoms with Crippen LogP contribution in [0.2, 0.25) is 0 Å². The van der Waals surface area contributed by atoms with Crippen LogP contribution in [-0.4, -0.2) is 23.1 Å². The molecule has 24 heavy (non-hydrogen) atoms. The van der Waals surface area contributed by atoms with Crippen molar-refractivity contribution in [3.8, 4) is 5.69 Å². The van der Waals surface area contributed by atoms with Gasteiger partial charge in [-0.15, -0.1) is 5.10 Å². The fourth-order valence-corrected chi connectivity index (χ4v) is 4.39. The molecule has 1 heterocycles. The van der Waals surface area contributed by atoms with Crippen LogP contribution in [-0.2, 0) is 9.84 Å². The van der Waals surface area contributed by atoms with E-state index in [0.717, 1.165) is 4.68 Å². The number of benzene rings is 2. The number of hydrogen-bond donors (Lipinski definition) is 1. The summed E-state index contributed by atoms with van der Waals surface area (Å²) in [5.41, 5.74) is 0.0832. The number of hydrogen-bond acceptors (Lipinski definition) is 7. The Labute approximate surface area is 140 Å². The van der Waals surface area contributed by atoms with Crippen molar-refractivity contribution >= 4 is 26.9 Å². The predicted octanol–water partition coefficient (Wildman–Crippen LogP) is 2.15. The second-order valence-electron chi connectivity index (χ2n) is 4.68. The van der Waals surface area contributed by atoms with Gasteiger partial charge in [-0.1, -0.05) is 35.6 Å². The minimum Gasteiger partial charge on any atom is -0.273 e. The average Bonchev–Trinajstić information content (AvgIpc) is 2.98. The average molecular weight is 362 g/mol. The van der Waals surface area contributed by atoms with Gasteiger partial charge in [-0.3, -0.25) is 15.5 Å². The Bertz CT molecular complexity index is 1070. The summed E-state index contributed by atoms with van der Waals surface area (Å²) in [6.07, 6.45) is 0. The minimum absolute atomic E-state index is 0.0740. The van der Waals surface area contributed by atoms with Gasteiger partial charge >= 0.3 is 0 Å². The van der Waals surface area contributed by atoms with Gasteiger partial charge in [0, 0.05) is 12.1 Å². The van der Waals surface area contributed by atoms with Gasteiger partial charge in [0.15, 0.2) is 0 Å². The molecule has 0 saturated heterocycles. The molecular formula is C14H10N4O4S2. The highest BCUT2D eigenvalue weighted by Crippen LogP contribution is 2.22. The first-order valence-electron chi connectivity index (χ1n) is 6.59. The number of aromatic nitrogens is 2. The van der Waals surface area contributed by atoms with E-state index in [0.29, 0.717) is 11.3 Å². The molecule has 0 fully saturated rings. The molecule has 0 saturated carbocycles. The molecule has 0 unspecified atom stereocenters. The zero-order valence-electron chi connectivity index (χ0n) is 12.0. The van der Waals surface area contributed by atoms with E-state index < -0.39 is 14.8 Å². The van der Waals surface area contributed by atoms with Gasteiger partial charge in [0.05, 0.1) is 15.5 Å². The van der Waals surface area contributed by atoms with Crippen molar-refractivity contribution in [1.82, 2.24) is 9.78 Å². The number of nitrogens with zero attached hydrogens (tertiary/aromatic N) is 3. The van der Waals surface area contributed by atoms with Crippen molar-refractivity contribution in [2.45, 2.75) is 9.24 Å². The monoisotopic (exact) mass is 362 g/mol. The molecular weight excluding hydrogens is 352 g/mol. The highest BCUT2D eigenvalue weighted by atomic mass is 32.2. The Hall–Kier alpha value is -2.85. The first-order valence-corrected chi connectivity index (χ1v) is 8.89. The van der Waals surface area contributed by atoms with Gasteiger partial charge in [0.2, 0.25) is 19.0 Å². The van der Waals surface area contributed by atoms with Crippen LogP contribution in [0.15, 0.2) is 63.8 Å². The molecule has 0 aliphatic rings. The Morgan fingerprint density at radius 1 is 1.12 bits per heavy atom. The van der Waals surface area contributed by atoms with E-state index in [9.17, 15) is 18.5 Å². The van der Waals surface area contributed by atoms with E-state index in [-0.39, 0.29) is 25.4 Å². The number of nitro benzene ring substituents is 1. The van der Waals surface area contributed by atoms with Crippen molar-refractivity contribution in [3.05, 3.63) is 69.5 Å². The van der Waals surface area contributed by atoms with Gasteiger partial charge in [0.1, 0.15) is 0 Å². The smallest absolute Gasteiger partial charge is 0.271 e. The molecule has 0 radical (unpaired) electrons. The molecule has 0 bridgehead atoms. The van der Waals surface area contributed by atoms with Gasteiger partial charge < -0.3 is 0 Å². The Kier molecular flexibility index (Phi) is 3.99. The van der Waals surface area contributed by atoms with Crippen LogP contribution in [0.5, 0.6) is 0 Å². The normalized spacial score (nSPS) is 11.3. The summed E-state index contributed by atoms with van der Waals surface area (Å²) in [6.45, 7) is 0. The van der Waals surface area contributed by atoms with Crippen molar-refractivity contribution in [2.24, 2.45) is 0 Å². The van der Waals surface area contributed by atoms with Crippen LogP contribution in [0.3, 0.4) is 0 Å². The van der Waals surface area contributed by atoms with E-state index >= 15 is 0 Å². The zero-order valence-corrected chi connectivity index (χ0v) is 13.6. The van der Waals surface area contributed by atoms with Gasteiger partial charge in [-0.2, -0.15) is 0 Å². The fourth-order valence-electron chi connectivity index (χ4n) is 2.00. The number of non-ortho nitro benzene ring substituents is 1. The number of nitrogens with one attached hydrogen (secondary N) is 1. The molecule has 1 aromatic heterocycles. The summed E-state index contributed by atoms with van der Waals surface area (Å²) in [5.74, 6) is 0. The van der Waals surface area contributed by atoms with Crippen molar-refractivity contribution in [1.29, 1.82) is 5.41 Å². The first kappa shape index (κ1) is 16.0. The largest absolute Gasteiger partial charge is 0.273 e. The molecule has 0 amide bonds. The topological polar surface area (TPSA) is 119 Å². The molecule has 3 aromatic rings. The fraction of sp³-hybridized carbons (Fsp3) is 0. The number of rotatable bonds is 4. The third-order valence-electron chi connectivity index (χ3n) is 3.13. The van der Waals surface area contributed by atoms with E-state index in [1.54, 1.807) is 18.2 Å². The molecule has 0 aliphatic heterocycles. The summed E-state index contributed by atoms with van der Waals surface area (Å²) in [6, 6.07) is 13.3. The Balaban J connectivity index is 2.11. The van der Waals surface area contributed by atoms with Gasteiger partial charge in [-0.05, 0) is 18.2 Å². The van der Waals surface area contributed by atoms with Crippen LogP contribution in [0, 0.1) is 15.5 Å². The molecule has 3 rings (SSSR count). The van der Waals surface area contributed by atoms with E-state index in [4.69, 9.17) is 5.41 Å². The maximum atomic E-state index is 12.5. The maximum absolute atomic E-state index is 12.5. The Morgan fingerprint density at radius 3 is 2.50 bits per heavy atom. The van der Waals surface area contributed by atoms with Crippen LogP contribution in [0.1, 0.15) is 0 Å². The first-order chi connectivity index (χ1) is 11.4. The quantitative estimate of drug-likeness (QED) is 0.563. The minimum atomic E-state index is -3.84. The molecule has 0 aliphatic carbocycles. The lowest BCUT2D eigenvalue weighted by molar-refractivity contribution is -0.384. The third-order valence-corrected chi connectivity index (χ3v) is 6.09. The van der Waals surface area contributed by atoms with Gasteiger partial charge in [0.25, 0.3) is 5.69 Å². The predicted molar refractivity (Wildman–Crippen MR) is 85.8 cm³/mol. The molecule has 8 nitrogen and oxygen atoms in total. The van der Waals surface area contributed by atoms with E-state index in [2.05, 4.69) is 5.10 Å². The highest BCUT2D eigenvalue weighted by molar-refractivity contribution is 7.93. The lowest BCUT2D eigenvalue weighted by Crippen LogP contribution is -2.12. The van der Waals surface area contributed by atoms with Crippen LogP contribution in [0.4, 0.5) is 5.69 Å². The maximum Gasteiger partial charge on any atom is 0.271 e. The standard InChI is InChI=1S/C14H10N4O4S2/c15-13-17(10-5-4-6-11(9-10)18(19)20)16-14(23-13)24(21,22)12-7-2-1-3-8-12/h1-9,15H. The number of sulfone groups is 1. The molecule has 10 heteroatoms. The summed E-state index contributed by atoms with van der Waals surface area (Å²) in [7, 11) is -3.84. The molecule has 1 N–H and O–H groups in total. The van der Waals surface area contributed by atoms with Crippen molar-refractivity contribution in [2.75, 3.05) is 0 Å². The summed E-state index contributed by atoms with van der Waals surface area (Å²) < 4.78 is 25.9.